The summed E-state index contributed by atoms with van der Waals surface area (Å²) >= 11 is 1.82. The number of pyridine rings is 1. The Morgan fingerprint density at radius 3 is 2.74 bits per heavy atom. The Labute approximate surface area is 118 Å². The Bertz CT molecular complexity index is 501. The van der Waals surface area contributed by atoms with Crippen LogP contribution in [-0.4, -0.2) is 36.1 Å². The van der Waals surface area contributed by atoms with Crippen molar-refractivity contribution in [3.05, 3.63) is 52.0 Å². The second-order valence-electron chi connectivity index (χ2n) is 4.96. The lowest BCUT2D eigenvalue weighted by atomic mass is 10.1. The number of aromatic nitrogens is 1. The Kier molecular flexibility index (Phi) is 3.92. The highest BCUT2D eigenvalue weighted by Gasteiger charge is 2.25. The molecule has 0 amide bonds. The number of thiophene rings is 1. The van der Waals surface area contributed by atoms with Crippen molar-refractivity contribution in [2.24, 2.45) is 0 Å². The molecule has 0 aliphatic carbocycles. The number of hydrogen-bond donors (Lipinski definition) is 1. The van der Waals surface area contributed by atoms with E-state index in [1.807, 2.05) is 17.5 Å². The Morgan fingerprint density at radius 1 is 1.26 bits per heavy atom. The first kappa shape index (κ1) is 12.8. The van der Waals surface area contributed by atoms with Gasteiger partial charge in [0.05, 0.1) is 11.7 Å². The van der Waals surface area contributed by atoms with Crippen LogP contribution in [0.4, 0.5) is 0 Å². The highest BCUT2D eigenvalue weighted by Crippen LogP contribution is 2.30. The van der Waals surface area contributed by atoms with Crippen LogP contribution in [0.1, 0.15) is 22.2 Å². The number of aryl methyl sites for hydroxylation is 1. The quantitative estimate of drug-likeness (QED) is 0.931. The third-order valence-electron chi connectivity index (χ3n) is 3.54. The lowest BCUT2D eigenvalue weighted by Crippen LogP contribution is -2.45. The summed E-state index contributed by atoms with van der Waals surface area (Å²) in [6, 6.07) is 8.98. The highest BCUT2D eigenvalue weighted by molar-refractivity contribution is 7.10. The average molecular weight is 273 g/mol. The molecule has 4 heteroatoms. The van der Waals surface area contributed by atoms with Crippen LogP contribution in [0.15, 0.2) is 35.8 Å². The number of piperazine rings is 1. The van der Waals surface area contributed by atoms with E-state index in [4.69, 9.17) is 0 Å². The van der Waals surface area contributed by atoms with E-state index in [0.29, 0.717) is 6.04 Å². The molecule has 1 saturated heterocycles. The van der Waals surface area contributed by atoms with Crippen molar-refractivity contribution in [2.45, 2.75) is 13.0 Å². The standard InChI is InChI=1S/C15H19N3S/c1-12-4-5-13(17-11-12)15(14-3-2-10-19-14)18-8-6-16-7-9-18/h2-5,10-11,15-16H,6-9H2,1H3. The summed E-state index contributed by atoms with van der Waals surface area (Å²) in [6.07, 6.45) is 1.97. The van der Waals surface area contributed by atoms with Crippen LogP contribution < -0.4 is 5.32 Å². The summed E-state index contributed by atoms with van der Waals surface area (Å²) in [5.41, 5.74) is 2.38. The summed E-state index contributed by atoms with van der Waals surface area (Å²) in [4.78, 5) is 8.57. The predicted octanol–water partition coefficient (Wildman–Crippen LogP) is 2.45. The summed E-state index contributed by atoms with van der Waals surface area (Å²) < 4.78 is 0. The van der Waals surface area contributed by atoms with Crippen molar-refractivity contribution in [3.63, 3.8) is 0 Å². The minimum absolute atomic E-state index is 0.308. The van der Waals surface area contributed by atoms with Crippen LogP contribution in [0.5, 0.6) is 0 Å². The van der Waals surface area contributed by atoms with Crippen LogP contribution in [0, 0.1) is 6.92 Å². The molecule has 0 spiro atoms. The number of hydrogen-bond acceptors (Lipinski definition) is 4. The Balaban J connectivity index is 1.93. The van der Waals surface area contributed by atoms with Gasteiger partial charge in [0, 0.05) is 37.3 Å². The van der Waals surface area contributed by atoms with Crippen molar-refractivity contribution in [1.82, 2.24) is 15.2 Å². The zero-order valence-electron chi connectivity index (χ0n) is 11.2. The zero-order valence-corrected chi connectivity index (χ0v) is 12.0. The van der Waals surface area contributed by atoms with Crippen LogP contribution in [0.2, 0.25) is 0 Å². The Morgan fingerprint density at radius 2 is 2.11 bits per heavy atom. The van der Waals surface area contributed by atoms with E-state index in [0.717, 1.165) is 31.9 Å². The molecular formula is C15H19N3S. The highest BCUT2D eigenvalue weighted by atomic mass is 32.1. The van der Waals surface area contributed by atoms with Gasteiger partial charge in [-0.3, -0.25) is 9.88 Å². The van der Waals surface area contributed by atoms with E-state index >= 15 is 0 Å². The molecule has 1 aliphatic rings. The van der Waals surface area contributed by atoms with Gasteiger partial charge in [-0.1, -0.05) is 12.1 Å². The van der Waals surface area contributed by atoms with Gasteiger partial charge in [0.15, 0.2) is 0 Å². The number of rotatable bonds is 3. The largest absolute Gasteiger partial charge is 0.314 e. The van der Waals surface area contributed by atoms with E-state index in [2.05, 4.69) is 51.8 Å². The predicted molar refractivity (Wildman–Crippen MR) is 79.6 cm³/mol. The van der Waals surface area contributed by atoms with E-state index < -0.39 is 0 Å². The van der Waals surface area contributed by atoms with Gasteiger partial charge in [-0.15, -0.1) is 11.3 Å². The molecule has 2 aromatic rings. The lowest BCUT2D eigenvalue weighted by Gasteiger charge is -2.34. The second-order valence-corrected chi connectivity index (χ2v) is 5.94. The fourth-order valence-electron chi connectivity index (χ4n) is 2.54. The molecule has 1 N–H and O–H groups in total. The van der Waals surface area contributed by atoms with Gasteiger partial charge in [0.2, 0.25) is 0 Å². The van der Waals surface area contributed by atoms with Crippen molar-refractivity contribution < 1.29 is 0 Å². The monoisotopic (exact) mass is 273 g/mol. The van der Waals surface area contributed by atoms with Crippen molar-refractivity contribution in [1.29, 1.82) is 0 Å². The molecule has 1 unspecified atom stereocenters. The number of nitrogens with zero attached hydrogens (tertiary/aromatic N) is 2. The zero-order chi connectivity index (χ0) is 13.1. The minimum Gasteiger partial charge on any atom is -0.314 e. The first-order valence-corrected chi connectivity index (χ1v) is 7.63. The SMILES string of the molecule is Cc1ccc(C(c2cccs2)N2CCNCC2)nc1. The molecule has 0 saturated carbocycles. The van der Waals surface area contributed by atoms with Crippen molar-refractivity contribution in [2.75, 3.05) is 26.2 Å². The average Bonchev–Trinajstić information content (AvgIpc) is 2.96. The molecule has 1 fully saturated rings. The first-order valence-electron chi connectivity index (χ1n) is 6.75. The van der Waals surface area contributed by atoms with Gasteiger partial charge >= 0.3 is 0 Å². The summed E-state index contributed by atoms with van der Waals surface area (Å²) in [5.74, 6) is 0. The molecule has 0 bridgehead atoms. The van der Waals surface area contributed by atoms with Gasteiger partial charge in [-0.25, -0.2) is 0 Å². The van der Waals surface area contributed by atoms with Crippen LogP contribution >= 0.6 is 11.3 Å². The molecule has 1 aliphatic heterocycles. The summed E-state index contributed by atoms with van der Waals surface area (Å²) in [5, 5.41) is 5.57. The van der Waals surface area contributed by atoms with E-state index in [9.17, 15) is 0 Å². The lowest BCUT2D eigenvalue weighted by molar-refractivity contribution is 0.198. The second kappa shape index (κ2) is 5.82. The van der Waals surface area contributed by atoms with Gasteiger partial charge in [0.1, 0.15) is 0 Å². The smallest absolute Gasteiger partial charge is 0.0870 e. The van der Waals surface area contributed by atoms with E-state index in [1.165, 1.54) is 10.4 Å². The summed E-state index contributed by atoms with van der Waals surface area (Å²) in [6.45, 7) is 6.37. The topological polar surface area (TPSA) is 28.2 Å². The molecule has 3 heterocycles. The fourth-order valence-corrected chi connectivity index (χ4v) is 3.41. The molecule has 0 radical (unpaired) electrons. The molecular weight excluding hydrogens is 254 g/mol. The van der Waals surface area contributed by atoms with Crippen molar-refractivity contribution in [3.8, 4) is 0 Å². The number of nitrogens with one attached hydrogen (secondary N) is 1. The third-order valence-corrected chi connectivity index (χ3v) is 4.47. The van der Waals surface area contributed by atoms with Gasteiger partial charge in [0.25, 0.3) is 0 Å². The van der Waals surface area contributed by atoms with Gasteiger partial charge in [-0.05, 0) is 30.0 Å². The van der Waals surface area contributed by atoms with Crippen molar-refractivity contribution >= 4 is 11.3 Å². The van der Waals surface area contributed by atoms with Crippen LogP contribution in [0.3, 0.4) is 0 Å². The molecule has 0 aromatic carbocycles. The molecule has 100 valence electrons. The van der Waals surface area contributed by atoms with E-state index in [1.54, 1.807) is 0 Å². The Hall–Kier alpha value is -1.23. The first-order chi connectivity index (χ1) is 9.34. The third kappa shape index (κ3) is 2.86. The van der Waals surface area contributed by atoms with E-state index in [-0.39, 0.29) is 0 Å². The van der Waals surface area contributed by atoms with Gasteiger partial charge < -0.3 is 5.32 Å². The molecule has 3 rings (SSSR count). The maximum atomic E-state index is 4.65. The van der Waals surface area contributed by atoms with Crippen LogP contribution in [0.25, 0.3) is 0 Å². The minimum atomic E-state index is 0.308. The normalized spacial score (nSPS) is 18.4. The maximum Gasteiger partial charge on any atom is 0.0870 e. The fraction of sp³-hybridized carbons (Fsp3) is 0.400. The molecule has 2 aromatic heterocycles. The maximum absolute atomic E-state index is 4.65. The molecule has 1 atom stereocenters. The molecule has 19 heavy (non-hydrogen) atoms. The van der Waals surface area contributed by atoms with Crippen LogP contribution in [-0.2, 0) is 0 Å². The molecule has 3 nitrogen and oxygen atoms in total. The van der Waals surface area contributed by atoms with Gasteiger partial charge in [-0.2, -0.15) is 0 Å². The summed E-state index contributed by atoms with van der Waals surface area (Å²) in [7, 11) is 0.